The van der Waals surface area contributed by atoms with Gasteiger partial charge in [0.25, 0.3) is 0 Å². The lowest BCUT2D eigenvalue weighted by atomic mass is 10.1. The zero-order valence-electron chi connectivity index (χ0n) is 11.2. The molecular weight excluding hydrogens is 246 g/mol. The maximum Gasteiger partial charge on any atom is 0.0637 e. The molecule has 0 radical (unpaired) electrons. The van der Waals surface area contributed by atoms with E-state index in [1.54, 1.807) is 7.11 Å². The van der Waals surface area contributed by atoms with Gasteiger partial charge in [-0.1, -0.05) is 18.2 Å². The van der Waals surface area contributed by atoms with Crippen LogP contribution in [0.5, 0.6) is 0 Å². The fraction of sp³-hybridized carbons (Fsp3) is 0.600. The smallest absolute Gasteiger partial charge is 0.0637 e. The highest BCUT2D eigenvalue weighted by Gasteiger charge is 2.32. The van der Waals surface area contributed by atoms with E-state index in [0.717, 1.165) is 19.1 Å². The zero-order valence-corrected chi connectivity index (χ0v) is 12.0. The Morgan fingerprint density at radius 1 is 1.39 bits per heavy atom. The van der Waals surface area contributed by atoms with Crippen LogP contribution in [0.2, 0.25) is 0 Å². The summed E-state index contributed by atoms with van der Waals surface area (Å²) in [6.07, 6.45) is 2.71. The Morgan fingerprint density at radius 2 is 2.11 bits per heavy atom. The van der Waals surface area contributed by atoms with Crippen molar-refractivity contribution in [2.75, 3.05) is 25.2 Å². The van der Waals surface area contributed by atoms with Crippen molar-refractivity contribution in [1.29, 1.82) is 0 Å². The first-order valence-corrected chi connectivity index (χ1v) is 7.20. The van der Waals surface area contributed by atoms with Gasteiger partial charge in [0.1, 0.15) is 0 Å². The lowest BCUT2D eigenvalue weighted by Crippen LogP contribution is -2.37. The number of alkyl halides is 1. The monoisotopic (exact) mass is 267 g/mol. The molecule has 1 saturated carbocycles. The molecule has 2 rings (SSSR count). The van der Waals surface area contributed by atoms with Crippen molar-refractivity contribution in [2.45, 2.75) is 31.7 Å². The van der Waals surface area contributed by atoms with E-state index in [1.165, 1.54) is 24.1 Å². The van der Waals surface area contributed by atoms with E-state index in [9.17, 15) is 0 Å². The Kier molecular flexibility index (Phi) is 4.90. The van der Waals surface area contributed by atoms with Crippen LogP contribution in [0, 0.1) is 5.92 Å². The first kappa shape index (κ1) is 13.7. The highest BCUT2D eigenvalue weighted by molar-refractivity contribution is 6.17. The van der Waals surface area contributed by atoms with Gasteiger partial charge in [-0.25, -0.2) is 0 Å². The summed E-state index contributed by atoms with van der Waals surface area (Å²) >= 11 is 6.05. The third-order valence-corrected chi connectivity index (χ3v) is 4.07. The van der Waals surface area contributed by atoms with Crippen LogP contribution >= 0.6 is 11.6 Å². The van der Waals surface area contributed by atoms with Gasteiger partial charge >= 0.3 is 0 Å². The number of anilines is 1. The van der Waals surface area contributed by atoms with Gasteiger partial charge in [-0.15, -0.1) is 11.6 Å². The molecule has 1 unspecified atom stereocenters. The molecule has 3 heteroatoms. The molecule has 0 saturated heterocycles. The predicted molar refractivity (Wildman–Crippen MR) is 77.4 cm³/mol. The molecule has 0 bridgehead atoms. The number of hydrogen-bond acceptors (Lipinski definition) is 2. The van der Waals surface area contributed by atoms with Gasteiger partial charge < -0.3 is 9.64 Å². The Balaban J connectivity index is 2.20. The molecule has 1 fully saturated rings. The molecule has 18 heavy (non-hydrogen) atoms. The molecular formula is C15H22ClNO. The molecule has 100 valence electrons. The quantitative estimate of drug-likeness (QED) is 0.699. The third-order valence-electron chi connectivity index (χ3n) is 3.78. The van der Waals surface area contributed by atoms with Crippen LogP contribution in [0.3, 0.4) is 0 Å². The first-order chi connectivity index (χ1) is 8.77. The summed E-state index contributed by atoms with van der Waals surface area (Å²) in [5, 5.41) is 0. The summed E-state index contributed by atoms with van der Waals surface area (Å²) in [5.74, 6) is 1.40. The standard InChI is InChI=1S/C15H22ClNO/c1-12(13-7-8-13)17(9-10-18-2)15-6-4-3-5-14(15)11-16/h3-6,12-13H,7-11H2,1-2H3. The summed E-state index contributed by atoms with van der Waals surface area (Å²) in [6, 6.07) is 9.00. The minimum absolute atomic E-state index is 0.567. The largest absolute Gasteiger partial charge is 0.383 e. The number of rotatable bonds is 7. The summed E-state index contributed by atoms with van der Waals surface area (Å²) in [4.78, 5) is 2.46. The third kappa shape index (κ3) is 3.18. The van der Waals surface area contributed by atoms with Crippen LogP contribution in [0.4, 0.5) is 5.69 Å². The van der Waals surface area contributed by atoms with Crippen LogP contribution in [0.1, 0.15) is 25.3 Å². The van der Waals surface area contributed by atoms with E-state index in [4.69, 9.17) is 16.3 Å². The van der Waals surface area contributed by atoms with E-state index in [0.29, 0.717) is 11.9 Å². The van der Waals surface area contributed by atoms with E-state index in [2.05, 4.69) is 36.1 Å². The summed E-state index contributed by atoms with van der Waals surface area (Å²) in [7, 11) is 1.76. The molecule has 1 aromatic carbocycles. The highest BCUT2D eigenvalue weighted by Crippen LogP contribution is 2.37. The fourth-order valence-corrected chi connectivity index (χ4v) is 2.70. The molecule has 0 heterocycles. The highest BCUT2D eigenvalue weighted by atomic mass is 35.5. The topological polar surface area (TPSA) is 12.5 Å². The summed E-state index contributed by atoms with van der Waals surface area (Å²) < 4.78 is 5.24. The second kappa shape index (κ2) is 6.44. The number of benzene rings is 1. The number of nitrogens with zero attached hydrogens (tertiary/aromatic N) is 1. The Labute approximate surface area is 115 Å². The fourth-order valence-electron chi connectivity index (χ4n) is 2.47. The maximum atomic E-state index is 6.05. The van der Waals surface area contributed by atoms with E-state index in [1.807, 2.05) is 0 Å². The van der Waals surface area contributed by atoms with Crippen LogP contribution < -0.4 is 4.90 Å². The normalized spacial score (nSPS) is 16.6. The summed E-state index contributed by atoms with van der Waals surface area (Å²) in [5.41, 5.74) is 2.48. The number of para-hydroxylation sites is 1. The molecule has 0 aliphatic heterocycles. The second-order valence-electron chi connectivity index (χ2n) is 5.03. The molecule has 2 nitrogen and oxygen atoms in total. The first-order valence-electron chi connectivity index (χ1n) is 6.67. The van der Waals surface area contributed by atoms with Gasteiger partial charge in [0.2, 0.25) is 0 Å². The van der Waals surface area contributed by atoms with Gasteiger partial charge in [-0.05, 0) is 37.3 Å². The van der Waals surface area contributed by atoms with Gasteiger partial charge in [0.05, 0.1) is 6.61 Å². The average Bonchev–Trinajstić information content (AvgIpc) is 3.23. The number of halogens is 1. The van der Waals surface area contributed by atoms with E-state index in [-0.39, 0.29) is 0 Å². The van der Waals surface area contributed by atoms with Crippen molar-refractivity contribution in [3.63, 3.8) is 0 Å². The van der Waals surface area contributed by atoms with Gasteiger partial charge in [-0.2, -0.15) is 0 Å². The van der Waals surface area contributed by atoms with Crippen LogP contribution in [0.25, 0.3) is 0 Å². The Bertz CT molecular complexity index is 379. The van der Waals surface area contributed by atoms with Crippen LogP contribution in [-0.2, 0) is 10.6 Å². The Hall–Kier alpha value is -0.730. The molecule has 0 spiro atoms. The minimum Gasteiger partial charge on any atom is -0.383 e. The molecule has 1 atom stereocenters. The van der Waals surface area contributed by atoms with Crippen molar-refractivity contribution < 1.29 is 4.74 Å². The van der Waals surface area contributed by atoms with Gasteiger partial charge in [0, 0.05) is 31.3 Å². The molecule has 0 amide bonds. The Morgan fingerprint density at radius 3 is 2.72 bits per heavy atom. The van der Waals surface area contributed by atoms with E-state index >= 15 is 0 Å². The molecule has 0 N–H and O–H groups in total. The van der Waals surface area contributed by atoms with Crippen molar-refractivity contribution >= 4 is 17.3 Å². The second-order valence-corrected chi connectivity index (χ2v) is 5.29. The summed E-state index contributed by atoms with van der Waals surface area (Å²) in [6.45, 7) is 4.01. The van der Waals surface area contributed by atoms with Crippen molar-refractivity contribution in [3.8, 4) is 0 Å². The molecule has 1 aliphatic carbocycles. The number of ether oxygens (including phenoxy) is 1. The predicted octanol–water partition coefficient (Wildman–Crippen LogP) is 3.68. The van der Waals surface area contributed by atoms with Crippen molar-refractivity contribution in [3.05, 3.63) is 29.8 Å². The van der Waals surface area contributed by atoms with Gasteiger partial charge in [0.15, 0.2) is 0 Å². The lowest BCUT2D eigenvalue weighted by molar-refractivity contribution is 0.202. The number of hydrogen-bond donors (Lipinski definition) is 0. The van der Waals surface area contributed by atoms with Crippen molar-refractivity contribution in [1.82, 2.24) is 0 Å². The van der Waals surface area contributed by atoms with E-state index < -0.39 is 0 Å². The average molecular weight is 268 g/mol. The van der Waals surface area contributed by atoms with Crippen LogP contribution in [-0.4, -0.2) is 26.3 Å². The van der Waals surface area contributed by atoms with Crippen molar-refractivity contribution in [2.24, 2.45) is 5.92 Å². The van der Waals surface area contributed by atoms with Crippen LogP contribution in [0.15, 0.2) is 24.3 Å². The molecule has 1 aromatic rings. The molecule has 1 aliphatic rings. The molecule has 0 aromatic heterocycles. The SMILES string of the molecule is COCCN(c1ccccc1CCl)C(C)C1CC1. The number of methoxy groups -OCH3 is 1. The van der Waals surface area contributed by atoms with Gasteiger partial charge in [-0.3, -0.25) is 0 Å². The minimum atomic E-state index is 0.567. The zero-order chi connectivity index (χ0) is 13.0. The maximum absolute atomic E-state index is 6.05. The lowest BCUT2D eigenvalue weighted by Gasteiger charge is -2.33.